The Labute approximate surface area is 120 Å². The third-order valence-electron chi connectivity index (χ3n) is 3.31. The highest BCUT2D eigenvalue weighted by molar-refractivity contribution is 7.91. The third kappa shape index (κ3) is 3.07. The number of halogens is 1. The van der Waals surface area contributed by atoms with E-state index in [4.69, 9.17) is 11.6 Å². The molecule has 1 saturated carbocycles. The standard InChI is InChI=1S/C10H13ClN2O4S2/c1-6(7-3-2-4-7)12-19(16,17)9-5-8(13(14)15)10(11)18-9/h5-7,12H,2-4H2,1H3. The molecule has 19 heavy (non-hydrogen) atoms. The highest BCUT2D eigenvalue weighted by atomic mass is 35.5. The van der Waals surface area contributed by atoms with E-state index >= 15 is 0 Å². The zero-order chi connectivity index (χ0) is 14.2. The lowest BCUT2D eigenvalue weighted by Crippen LogP contribution is -2.40. The molecule has 1 aromatic rings. The largest absolute Gasteiger partial charge is 0.300 e. The van der Waals surface area contributed by atoms with Crippen molar-refractivity contribution < 1.29 is 13.3 Å². The Hall–Kier alpha value is -0.700. The Morgan fingerprint density at radius 1 is 1.58 bits per heavy atom. The minimum Gasteiger partial charge on any atom is -0.258 e. The number of hydrogen-bond acceptors (Lipinski definition) is 5. The van der Waals surface area contributed by atoms with Gasteiger partial charge in [-0.15, -0.1) is 11.3 Å². The molecule has 0 spiro atoms. The molecule has 1 aliphatic rings. The number of nitrogens with zero attached hydrogens (tertiary/aromatic N) is 1. The second-order valence-electron chi connectivity index (χ2n) is 4.58. The minimum absolute atomic E-state index is 0.115. The summed E-state index contributed by atoms with van der Waals surface area (Å²) in [5, 5.41) is 10.7. The number of hydrogen-bond donors (Lipinski definition) is 1. The van der Waals surface area contributed by atoms with Crippen molar-refractivity contribution >= 4 is 38.6 Å². The molecule has 6 nitrogen and oxygen atoms in total. The zero-order valence-corrected chi connectivity index (χ0v) is 12.5. The van der Waals surface area contributed by atoms with Gasteiger partial charge in [-0.1, -0.05) is 18.0 Å². The average Bonchev–Trinajstić information content (AvgIpc) is 2.57. The van der Waals surface area contributed by atoms with Crippen LogP contribution in [0.4, 0.5) is 5.69 Å². The van der Waals surface area contributed by atoms with E-state index in [1.54, 1.807) is 0 Å². The first-order valence-corrected chi connectivity index (χ1v) is 8.45. The Bertz CT molecular complexity index is 595. The Morgan fingerprint density at radius 2 is 2.21 bits per heavy atom. The number of sulfonamides is 1. The topological polar surface area (TPSA) is 89.3 Å². The molecule has 0 radical (unpaired) electrons. The quantitative estimate of drug-likeness (QED) is 0.666. The first-order chi connectivity index (χ1) is 8.81. The van der Waals surface area contributed by atoms with E-state index in [9.17, 15) is 18.5 Å². The summed E-state index contributed by atoms with van der Waals surface area (Å²) in [5.41, 5.74) is -0.372. The van der Waals surface area contributed by atoms with Gasteiger partial charge in [0.05, 0.1) is 4.92 Å². The SMILES string of the molecule is CC(NS(=O)(=O)c1cc([N+](=O)[O-])c(Cl)s1)C1CCC1. The van der Waals surface area contributed by atoms with Crippen molar-refractivity contribution in [2.24, 2.45) is 5.92 Å². The molecule has 0 amide bonds. The van der Waals surface area contributed by atoms with Crippen LogP contribution < -0.4 is 4.72 Å². The second-order valence-corrected chi connectivity index (χ2v) is 8.18. The fourth-order valence-electron chi connectivity index (χ4n) is 1.93. The van der Waals surface area contributed by atoms with Crippen molar-refractivity contribution in [1.29, 1.82) is 0 Å². The van der Waals surface area contributed by atoms with E-state index in [2.05, 4.69) is 4.72 Å². The number of rotatable bonds is 5. The average molecular weight is 325 g/mol. The van der Waals surface area contributed by atoms with Crippen LogP contribution in [0.3, 0.4) is 0 Å². The van der Waals surface area contributed by atoms with Gasteiger partial charge in [0.25, 0.3) is 15.7 Å². The van der Waals surface area contributed by atoms with Crippen LogP contribution in [-0.4, -0.2) is 19.4 Å². The maximum absolute atomic E-state index is 12.1. The van der Waals surface area contributed by atoms with Gasteiger partial charge in [-0.2, -0.15) is 0 Å². The molecule has 0 bridgehead atoms. The number of nitro groups is 1. The Kier molecular flexibility index (Phi) is 4.14. The Balaban J connectivity index is 2.19. The van der Waals surface area contributed by atoms with E-state index in [0.717, 1.165) is 25.3 Å². The van der Waals surface area contributed by atoms with Gasteiger partial charge < -0.3 is 0 Å². The molecule has 1 aromatic heterocycles. The van der Waals surface area contributed by atoms with Gasteiger partial charge in [-0.25, -0.2) is 13.1 Å². The van der Waals surface area contributed by atoms with Crippen molar-refractivity contribution in [3.8, 4) is 0 Å². The summed E-state index contributed by atoms with van der Waals surface area (Å²) >= 11 is 6.37. The Morgan fingerprint density at radius 3 is 2.63 bits per heavy atom. The van der Waals surface area contributed by atoms with Crippen molar-refractivity contribution in [2.45, 2.75) is 36.4 Å². The van der Waals surface area contributed by atoms with Crippen molar-refractivity contribution in [3.63, 3.8) is 0 Å². The van der Waals surface area contributed by atoms with Crippen LogP contribution >= 0.6 is 22.9 Å². The van der Waals surface area contributed by atoms with Gasteiger partial charge in [0.15, 0.2) is 4.34 Å². The molecule has 1 atom stereocenters. The molecule has 2 rings (SSSR count). The summed E-state index contributed by atoms with van der Waals surface area (Å²) in [7, 11) is -3.74. The van der Waals surface area contributed by atoms with Gasteiger partial charge in [-0.3, -0.25) is 10.1 Å². The predicted octanol–water partition coefficient (Wildman–Crippen LogP) is 2.78. The van der Waals surface area contributed by atoms with Crippen LogP contribution in [0, 0.1) is 16.0 Å². The van der Waals surface area contributed by atoms with Crippen LogP contribution in [-0.2, 0) is 10.0 Å². The monoisotopic (exact) mass is 324 g/mol. The fourth-order valence-corrected chi connectivity index (χ4v) is 4.93. The molecule has 0 aromatic carbocycles. The molecule has 0 saturated heterocycles. The lowest BCUT2D eigenvalue weighted by molar-refractivity contribution is -0.384. The van der Waals surface area contributed by atoms with Crippen molar-refractivity contribution in [1.82, 2.24) is 4.72 Å². The lowest BCUT2D eigenvalue weighted by Gasteiger charge is -2.31. The molecular formula is C10H13ClN2O4S2. The van der Waals surface area contributed by atoms with Gasteiger partial charge >= 0.3 is 0 Å². The van der Waals surface area contributed by atoms with E-state index in [1.165, 1.54) is 0 Å². The first-order valence-electron chi connectivity index (χ1n) is 5.77. The molecule has 9 heteroatoms. The van der Waals surface area contributed by atoms with Crippen LogP contribution in [0.2, 0.25) is 4.34 Å². The fraction of sp³-hybridized carbons (Fsp3) is 0.600. The summed E-state index contributed by atoms with van der Waals surface area (Å²) < 4.78 is 26.5. The van der Waals surface area contributed by atoms with Crippen LogP contribution in [0.1, 0.15) is 26.2 Å². The summed E-state index contributed by atoms with van der Waals surface area (Å²) in [4.78, 5) is 9.97. The molecular weight excluding hydrogens is 312 g/mol. The van der Waals surface area contributed by atoms with Gasteiger partial charge in [0.2, 0.25) is 0 Å². The van der Waals surface area contributed by atoms with Crippen LogP contribution in [0.5, 0.6) is 0 Å². The van der Waals surface area contributed by atoms with Gasteiger partial charge in [0.1, 0.15) is 4.21 Å². The molecule has 1 unspecified atom stereocenters. The van der Waals surface area contributed by atoms with Crippen LogP contribution in [0.25, 0.3) is 0 Å². The van der Waals surface area contributed by atoms with E-state index in [-0.39, 0.29) is 20.3 Å². The van der Waals surface area contributed by atoms with Gasteiger partial charge in [0, 0.05) is 12.1 Å². The minimum atomic E-state index is -3.74. The summed E-state index contributed by atoms with van der Waals surface area (Å²) in [6, 6.07) is 0.835. The van der Waals surface area contributed by atoms with Crippen molar-refractivity contribution in [2.75, 3.05) is 0 Å². The maximum atomic E-state index is 12.1. The molecule has 1 aliphatic carbocycles. The van der Waals surface area contributed by atoms with Crippen molar-refractivity contribution in [3.05, 3.63) is 20.5 Å². The summed E-state index contributed by atoms with van der Waals surface area (Å²) in [5.74, 6) is 0.347. The summed E-state index contributed by atoms with van der Waals surface area (Å²) in [6.45, 7) is 1.81. The third-order valence-corrected chi connectivity index (χ3v) is 6.68. The molecule has 106 valence electrons. The highest BCUT2D eigenvalue weighted by Crippen LogP contribution is 2.37. The first kappa shape index (κ1) is 14.7. The van der Waals surface area contributed by atoms with Gasteiger partial charge in [-0.05, 0) is 25.7 Å². The highest BCUT2D eigenvalue weighted by Gasteiger charge is 2.30. The van der Waals surface area contributed by atoms with E-state index < -0.39 is 14.9 Å². The predicted molar refractivity (Wildman–Crippen MR) is 73.1 cm³/mol. The van der Waals surface area contributed by atoms with E-state index in [0.29, 0.717) is 17.3 Å². The van der Waals surface area contributed by atoms with Crippen LogP contribution in [0.15, 0.2) is 10.3 Å². The lowest BCUT2D eigenvalue weighted by atomic mass is 9.81. The molecule has 0 aliphatic heterocycles. The second kappa shape index (κ2) is 5.35. The molecule has 1 fully saturated rings. The summed E-state index contributed by atoms with van der Waals surface area (Å²) in [6.07, 6.45) is 3.14. The molecule has 1 heterocycles. The maximum Gasteiger partial charge on any atom is 0.300 e. The smallest absolute Gasteiger partial charge is 0.258 e. The number of nitrogens with one attached hydrogen (secondary N) is 1. The normalized spacial score (nSPS) is 18.0. The molecule has 1 N–H and O–H groups in total. The van der Waals surface area contributed by atoms with E-state index in [1.807, 2.05) is 6.92 Å². The zero-order valence-electron chi connectivity index (χ0n) is 10.1. The number of thiophene rings is 1.